The van der Waals surface area contributed by atoms with E-state index in [4.69, 9.17) is 0 Å². The summed E-state index contributed by atoms with van der Waals surface area (Å²) in [5.41, 5.74) is 2.90. The van der Waals surface area contributed by atoms with Crippen LogP contribution in [0.5, 0.6) is 0 Å². The lowest BCUT2D eigenvalue weighted by molar-refractivity contribution is 0.0925. The molecule has 0 bridgehead atoms. The molecule has 2 heterocycles. The number of hydrogen-bond donors (Lipinski definition) is 0. The molecule has 2 aromatic rings. The minimum absolute atomic E-state index is 0.309. The predicted molar refractivity (Wildman–Crippen MR) is 71.3 cm³/mol. The third-order valence-corrected chi connectivity index (χ3v) is 3.38. The van der Waals surface area contributed by atoms with Gasteiger partial charge in [-0.15, -0.1) is 0 Å². The van der Waals surface area contributed by atoms with Gasteiger partial charge in [0.25, 0.3) is 11.8 Å². The molecule has 19 heavy (non-hydrogen) atoms. The number of amides is 2. The highest BCUT2D eigenvalue weighted by Gasteiger charge is 2.37. The molecule has 0 aliphatic carbocycles. The van der Waals surface area contributed by atoms with Crippen molar-refractivity contribution in [2.45, 2.75) is 13.8 Å². The van der Waals surface area contributed by atoms with Crippen molar-refractivity contribution in [1.29, 1.82) is 0 Å². The molecule has 1 aliphatic heterocycles. The van der Waals surface area contributed by atoms with Crippen LogP contribution >= 0.6 is 0 Å². The number of rotatable bonds is 1. The average molecular weight is 252 g/mol. The minimum atomic E-state index is -0.309. The topological polar surface area (TPSA) is 50.3 Å². The quantitative estimate of drug-likeness (QED) is 0.733. The van der Waals surface area contributed by atoms with Gasteiger partial charge >= 0.3 is 0 Å². The fourth-order valence-electron chi connectivity index (χ4n) is 2.13. The zero-order valence-corrected chi connectivity index (χ0v) is 10.7. The molecule has 4 heteroatoms. The molecule has 0 radical (unpaired) electrons. The Labute approximate surface area is 110 Å². The van der Waals surface area contributed by atoms with Gasteiger partial charge in [0, 0.05) is 6.20 Å². The number of fused-ring (bicyclic) bond motifs is 1. The summed E-state index contributed by atoms with van der Waals surface area (Å²) in [4.78, 5) is 29.9. The van der Waals surface area contributed by atoms with Crippen LogP contribution in [-0.2, 0) is 0 Å². The molecule has 0 saturated carbocycles. The number of aryl methyl sites for hydroxylation is 2. The Morgan fingerprint density at radius 2 is 1.53 bits per heavy atom. The summed E-state index contributed by atoms with van der Waals surface area (Å²) in [6.45, 7) is 3.87. The van der Waals surface area contributed by atoms with Gasteiger partial charge in [0.15, 0.2) is 0 Å². The van der Waals surface area contributed by atoms with Crippen molar-refractivity contribution in [1.82, 2.24) is 4.98 Å². The van der Waals surface area contributed by atoms with E-state index in [0.717, 1.165) is 16.0 Å². The van der Waals surface area contributed by atoms with Gasteiger partial charge in [0.2, 0.25) is 0 Å². The van der Waals surface area contributed by atoms with Crippen molar-refractivity contribution < 1.29 is 9.59 Å². The number of carbonyl (C=O) groups is 2. The van der Waals surface area contributed by atoms with Crippen LogP contribution in [0.4, 0.5) is 5.82 Å². The molecule has 0 unspecified atom stereocenters. The van der Waals surface area contributed by atoms with E-state index in [1.54, 1.807) is 36.5 Å². The maximum absolute atomic E-state index is 12.3. The molecular weight excluding hydrogens is 240 g/mol. The summed E-state index contributed by atoms with van der Waals surface area (Å²) in [5.74, 6) is -0.234. The van der Waals surface area contributed by atoms with Gasteiger partial charge in [-0.05, 0) is 43.2 Å². The lowest BCUT2D eigenvalue weighted by Gasteiger charge is -2.13. The van der Waals surface area contributed by atoms with Crippen LogP contribution in [0.2, 0.25) is 0 Å². The number of hydrogen-bond acceptors (Lipinski definition) is 3. The van der Waals surface area contributed by atoms with Gasteiger partial charge in [0.1, 0.15) is 5.82 Å². The van der Waals surface area contributed by atoms with Crippen molar-refractivity contribution >= 4 is 17.6 Å². The van der Waals surface area contributed by atoms with Gasteiger partial charge in [0.05, 0.1) is 11.1 Å². The second kappa shape index (κ2) is 4.02. The molecule has 2 amide bonds. The SMILES string of the molecule is Cc1cnc(N2C(=O)c3ccccc3C2=O)cc1C. The molecule has 0 fully saturated rings. The fraction of sp³-hybridized carbons (Fsp3) is 0.133. The molecule has 1 aromatic heterocycles. The third kappa shape index (κ3) is 1.64. The summed E-state index contributed by atoms with van der Waals surface area (Å²) in [6.07, 6.45) is 1.67. The smallest absolute Gasteiger partial charge is 0.267 e. The number of aromatic nitrogens is 1. The lowest BCUT2D eigenvalue weighted by atomic mass is 10.1. The van der Waals surface area contributed by atoms with Gasteiger partial charge in [-0.3, -0.25) is 9.59 Å². The minimum Gasteiger partial charge on any atom is -0.268 e. The van der Waals surface area contributed by atoms with Crippen LogP contribution in [0, 0.1) is 13.8 Å². The highest BCUT2D eigenvalue weighted by Crippen LogP contribution is 2.27. The fourth-order valence-corrected chi connectivity index (χ4v) is 2.13. The van der Waals surface area contributed by atoms with Crippen molar-refractivity contribution in [3.8, 4) is 0 Å². The zero-order valence-electron chi connectivity index (χ0n) is 10.7. The summed E-state index contributed by atoms with van der Waals surface area (Å²) in [5, 5.41) is 0. The summed E-state index contributed by atoms with van der Waals surface area (Å²) in [6, 6.07) is 8.59. The van der Waals surface area contributed by atoms with E-state index in [1.165, 1.54) is 0 Å². The Balaban J connectivity index is 2.11. The van der Waals surface area contributed by atoms with Gasteiger partial charge < -0.3 is 0 Å². The first-order chi connectivity index (χ1) is 9.09. The number of pyridine rings is 1. The van der Waals surface area contributed by atoms with E-state index in [0.29, 0.717) is 16.9 Å². The molecule has 4 nitrogen and oxygen atoms in total. The maximum atomic E-state index is 12.3. The van der Waals surface area contributed by atoms with Crippen molar-refractivity contribution in [2.75, 3.05) is 4.90 Å². The average Bonchev–Trinajstić information content (AvgIpc) is 2.66. The molecule has 3 rings (SSSR count). The number of anilines is 1. The van der Waals surface area contributed by atoms with E-state index in [2.05, 4.69) is 4.98 Å². The Kier molecular flexibility index (Phi) is 2.45. The van der Waals surface area contributed by atoms with E-state index in [-0.39, 0.29) is 11.8 Å². The molecule has 0 saturated heterocycles. The van der Waals surface area contributed by atoms with Crippen LogP contribution in [0.15, 0.2) is 36.5 Å². The Bertz CT molecular complexity index is 672. The largest absolute Gasteiger partial charge is 0.268 e. The van der Waals surface area contributed by atoms with E-state index >= 15 is 0 Å². The number of imide groups is 1. The highest BCUT2D eigenvalue weighted by atomic mass is 16.2. The second-order valence-electron chi connectivity index (χ2n) is 4.62. The van der Waals surface area contributed by atoms with Gasteiger partial charge in [-0.25, -0.2) is 9.88 Å². The van der Waals surface area contributed by atoms with Gasteiger partial charge in [-0.2, -0.15) is 0 Å². The van der Waals surface area contributed by atoms with Crippen LogP contribution in [0.3, 0.4) is 0 Å². The monoisotopic (exact) mass is 252 g/mol. The number of carbonyl (C=O) groups excluding carboxylic acids is 2. The second-order valence-corrected chi connectivity index (χ2v) is 4.62. The van der Waals surface area contributed by atoms with E-state index < -0.39 is 0 Å². The molecule has 1 aromatic carbocycles. The first-order valence-corrected chi connectivity index (χ1v) is 6.00. The predicted octanol–water partition coefficient (Wildman–Crippen LogP) is 2.50. The number of benzene rings is 1. The molecule has 0 spiro atoms. The van der Waals surface area contributed by atoms with Crippen LogP contribution in [0.25, 0.3) is 0 Å². The Morgan fingerprint density at radius 1 is 0.947 bits per heavy atom. The van der Waals surface area contributed by atoms with Crippen molar-refractivity contribution in [3.05, 3.63) is 58.8 Å². The Morgan fingerprint density at radius 3 is 2.05 bits per heavy atom. The normalized spacial score (nSPS) is 13.9. The van der Waals surface area contributed by atoms with Crippen molar-refractivity contribution in [3.63, 3.8) is 0 Å². The first kappa shape index (κ1) is 11.6. The van der Waals surface area contributed by atoms with Gasteiger partial charge in [-0.1, -0.05) is 12.1 Å². The zero-order chi connectivity index (χ0) is 13.6. The summed E-state index contributed by atoms with van der Waals surface area (Å²) < 4.78 is 0. The lowest BCUT2D eigenvalue weighted by Crippen LogP contribution is -2.30. The van der Waals surface area contributed by atoms with Crippen LogP contribution < -0.4 is 4.90 Å². The number of nitrogens with zero attached hydrogens (tertiary/aromatic N) is 2. The summed E-state index contributed by atoms with van der Waals surface area (Å²) in [7, 11) is 0. The molecule has 0 N–H and O–H groups in total. The highest BCUT2D eigenvalue weighted by molar-refractivity contribution is 6.34. The van der Waals surface area contributed by atoms with Crippen LogP contribution in [-0.4, -0.2) is 16.8 Å². The Hall–Kier alpha value is -2.49. The standard InChI is InChI=1S/C15H12N2O2/c1-9-7-13(16-8-10(9)2)17-14(18)11-5-3-4-6-12(11)15(17)19/h3-8H,1-2H3. The first-order valence-electron chi connectivity index (χ1n) is 6.00. The van der Waals surface area contributed by atoms with Crippen LogP contribution in [0.1, 0.15) is 31.8 Å². The summed E-state index contributed by atoms with van der Waals surface area (Å²) >= 11 is 0. The van der Waals surface area contributed by atoms with Crippen molar-refractivity contribution in [2.24, 2.45) is 0 Å². The maximum Gasteiger partial charge on any atom is 0.267 e. The third-order valence-electron chi connectivity index (χ3n) is 3.38. The molecule has 0 atom stereocenters. The van der Waals surface area contributed by atoms with E-state index in [9.17, 15) is 9.59 Å². The molecule has 1 aliphatic rings. The molecule has 94 valence electrons. The molecular formula is C15H12N2O2. The van der Waals surface area contributed by atoms with E-state index in [1.807, 2.05) is 13.8 Å².